The summed E-state index contributed by atoms with van der Waals surface area (Å²) in [6.45, 7) is 3.33. The Bertz CT molecular complexity index is 705. The number of carbonyl (C=O) groups is 1. The number of rotatable bonds is 3. The first-order valence-electron chi connectivity index (χ1n) is 7.40. The molecule has 1 fully saturated rings. The normalized spacial score (nSPS) is 21.2. The summed E-state index contributed by atoms with van der Waals surface area (Å²) in [7, 11) is 0. The number of carboxylic acid groups (broad SMARTS) is 1. The number of hydrogen-bond donors (Lipinski definition) is 1. The number of halogens is 1. The fourth-order valence-electron chi connectivity index (χ4n) is 2.84. The van der Waals surface area contributed by atoms with Gasteiger partial charge in [-0.05, 0) is 36.8 Å². The van der Waals surface area contributed by atoms with Crippen LogP contribution in [0.25, 0.3) is 0 Å². The van der Waals surface area contributed by atoms with Crippen LogP contribution in [-0.2, 0) is 4.74 Å². The van der Waals surface area contributed by atoms with Crippen LogP contribution in [-0.4, -0.2) is 35.3 Å². The number of nitrogens with zero attached hydrogens (tertiary/aromatic N) is 2. The lowest BCUT2D eigenvalue weighted by atomic mass is 10.0. The smallest absolute Gasteiger partial charge is 0.354 e. The molecule has 1 N–H and O–H groups in total. The number of carboxylic acids is 1. The summed E-state index contributed by atoms with van der Waals surface area (Å²) in [6.07, 6.45) is -0.0767. The second-order valence-corrected chi connectivity index (χ2v) is 6.38. The van der Waals surface area contributed by atoms with Crippen LogP contribution in [0.15, 0.2) is 46.9 Å². The Labute approximate surface area is 143 Å². The second kappa shape index (κ2) is 6.68. The molecule has 0 amide bonds. The zero-order valence-electron chi connectivity index (χ0n) is 12.6. The van der Waals surface area contributed by atoms with Gasteiger partial charge in [-0.25, -0.2) is 9.78 Å². The van der Waals surface area contributed by atoms with Crippen molar-refractivity contribution in [3.05, 3.63) is 58.2 Å². The quantitative estimate of drug-likeness (QED) is 0.887. The third kappa shape index (κ3) is 3.38. The summed E-state index contributed by atoms with van der Waals surface area (Å²) in [4.78, 5) is 17.5. The van der Waals surface area contributed by atoms with Crippen molar-refractivity contribution in [3.63, 3.8) is 0 Å². The van der Waals surface area contributed by atoms with E-state index < -0.39 is 5.97 Å². The van der Waals surface area contributed by atoms with Crippen LogP contribution in [0.4, 0.5) is 5.82 Å². The summed E-state index contributed by atoms with van der Waals surface area (Å²) >= 11 is 3.44. The van der Waals surface area contributed by atoms with Crippen LogP contribution in [0.2, 0.25) is 0 Å². The number of hydrogen-bond acceptors (Lipinski definition) is 4. The van der Waals surface area contributed by atoms with Crippen LogP contribution in [0, 0.1) is 0 Å². The summed E-state index contributed by atoms with van der Waals surface area (Å²) in [5.74, 6) is -0.347. The van der Waals surface area contributed by atoms with Gasteiger partial charge in [-0.1, -0.05) is 34.1 Å². The first kappa shape index (κ1) is 16.0. The van der Waals surface area contributed by atoms with Crippen LogP contribution in [0.3, 0.4) is 0 Å². The highest BCUT2D eigenvalue weighted by Gasteiger charge is 2.31. The minimum atomic E-state index is -1.02. The molecule has 1 aliphatic heterocycles. The third-order valence-corrected chi connectivity index (χ3v) is 4.53. The number of anilines is 1. The SMILES string of the molecule is CC1C(c2ccc(Br)cc2)OCCN1c1cccc(C(=O)O)n1. The molecule has 1 saturated heterocycles. The zero-order valence-corrected chi connectivity index (χ0v) is 14.2. The number of benzene rings is 1. The number of ether oxygens (including phenoxy) is 1. The molecule has 2 atom stereocenters. The Hall–Kier alpha value is -1.92. The molecule has 0 spiro atoms. The maximum Gasteiger partial charge on any atom is 0.354 e. The van der Waals surface area contributed by atoms with Crippen molar-refractivity contribution in [2.24, 2.45) is 0 Å². The molecule has 1 aliphatic rings. The van der Waals surface area contributed by atoms with Crippen LogP contribution in [0.5, 0.6) is 0 Å². The Morgan fingerprint density at radius 1 is 1.30 bits per heavy atom. The third-order valence-electron chi connectivity index (χ3n) is 4.01. The van der Waals surface area contributed by atoms with Crippen molar-refractivity contribution in [1.29, 1.82) is 0 Å². The predicted molar refractivity (Wildman–Crippen MR) is 90.8 cm³/mol. The van der Waals surface area contributed by atoms with Crippen molar-refractivity contribution in [3.8, 4) is 0 Å². The van der Waals surface area contributed by atoms with Gasteiger partial charge in [0.2, 0.25) is 0 Å². The van der Waals surface area contributed by atoms with Crippen LogP contribution in [0.1, 0.15) is 29.1 Å². The molecule has 2 unspecified atom stereocenters. The van der Waals surface area contributed by atoms with E-state index in [4.69, 9.17) is 9.84 Å². The van der Waals surface area contributed by atoms with Gasteiger partial charge in [0.15, 0.2) is 5.69 Å². The van der Waals surface area contributed by atoms with Crippen molar-refractivity contribution in [1.82, 2.24) is 4.98 Å². The topological polar surface area (TPSA) is 62.7 Å². The average molecular weight is 377 g/mol. The lowest BCUT2D eigenvalue weighted by molar-refractivity contribution is 0.0142. The molecule has 2 aromatic rings. The molecule has 1 aromatic heterocycles. The van der Waals surface area contributed by atoms with Gasteiger partial charge >= 0.3 is 5.97 Å². The molecule has 120 valence electrons. The van der Waals surface area contributed by atoms with Crippen molar-refractivity contribution in [2.45, 2.75) is 19.1 Å². The Morgan fingerprint density at radius 2 is 2.04 bits per heavy atom. The molecule has 5 nitrogen and oxygen atoms in total. The van der Waals surface area contributed by atoms with Gasteiger partial charge in [0.25, 0.3) is 0 Å². The molecular weight excluding hydrogens is 360 g/mol. The van der Waals surface area contributed by atoms with E-state index in [2.05, 4.69) is 32.7 Å². The Kier molecular flexibility index (Phi) is 4.63. The predicted octanol–water partition coefficient (Wildman–Crippen LogP) is 3.51. The van der Waals surface area contributed by atoms with E-state index in [-0.39, 0.29) is 17.8 Å². The Morgan fingerprint density at radius 3 is 2.74 bits per heavy atom. The van der Waals surface area contributed by atoms with Crippen LogP contribution < -0.4 is 4.90 Å². The monoisotopic (exact) mass is 376 g/mol. The fourth-order valence-corrected chi connectivity index (χ4v) is 3.10. The molecule has 1 aromatic carbocycles. The highest BCUT2D eigenvalue weighted by Crippen LogP contribution is 2.31. The van der Waals surface area contributed by atoms with Gasteiger partial charge in [-0.15, -0.1) is 0 Å². The molecule has 0 bridgehead atoms. The van der Waals surface area contributed by atoms with E-state index in [0.29, 0.717) is 19.0 Å². The minimum Gasteiger partial charge on any atom is -0.477 e. The van der Waals surface area contributed by atoms with E-state index >= 15 is 0 Å². The van der Waals surface area contributed by atoms with Crippen molar-refractivity contribution in [2.75, 3.05) is 18.1 Å². The minimum absolute atomic E-state index is 0.0568. The molecule has 3 rings (SSSR count). The molecule has 2 heterocycles. The molecule has 23 heavy (non-hydrogen) atoms. The van der Waals surface area contributed by atoms with Gasteiger partial charge < -0.3 is 14.7 Å². The first-order chi connectivity index (χ1) is 11.1. The highest BCUT2D eigenvalue weighted by molar-refractivity contribution is 9.10. The van der Waals surface area contributed by atoms with E-state index in [1.165, 1.54) is 6.07 Å². The fraction of sp³-hybridized carbons (Fsp3) is 0.294. The number of aromatic nitrogens is 1. The summed E-state index contributed by atoms with van der Waals surface area (Å²) in [6, 6.07) is 13.2. The van der Waals surface area contributed by atoms with Gasteiger partial charge in [0.05, 0.1) is 12.6 Å². The maximum atomic E-state index is 11.1. The van der Waals surface area contributed by atoms with Crippen molar-refractivity contribution >= 4 is 27.7 Å². The lowest BCUT2D eigenvalue weighted by Crippen LogP contribution is -2.46. The van der Waals surface area contributed by atoms with Gasteiger partial charge in [0.1, 0.15) is 11.9 Å². The van der Waals surface area contributed by atoms with E-state index in [1.54, 1.807) is 6.07 Å². The average Bonchev–Trinajstić information content (AvgIpc) is 2.56. The second-order valence-electron chi connectivity index (χ2n) is 5.46. The van der Waals surface area contributed by atoms with E-state index in [0.717, 1.165) is 10.0 Å². The molecule has 0 saturated carbocycles. The summed E-state index contributed by atoms with van der Waals surface area (Å²) < 4.78 is 6.97. The van der Waals surface area contributed by atoms with Gasteiger partial charge in [0, 0.05) is 11.0 Å². The molecule has 0 aliphatic carbocycles. The maximum absolute atomic E-state index is 11.1. The molecular formula is C17H17BrN2O3. The summed E-state index contributed by atoms with van der Waals surface area (Å²) in [5.41, 5.74) is 1.15. The van der Waals surface area contributed by atoms with Gasteiger partial charge in [-0.2, -0.15) is 0 Å². The van der Waals surface area contributed by atoms with E-state index in [9.17, 15) is 4.79 Å². The van der Waals surface area contributed by atoms with Crippen molar-refractivity contribution < 1.29 is 14.6 Å². The number of pyridine rings is 1. The summed E-state index contributed by atoms with van der Waals surface area (Å²) in [5, 5.41) is 9.12. The molecule has 0 radical (unpaired) electrons. The van der Waals surface area contributed by atoms with Crippen LogP contribution >= 0.6 is 15.9 Å². The molecule has 6 heteroatoms. The first-order valence-corrected chi connectivity index (χ1v) is 8.19. The largest absolute Gasteiger partial charge is 0.477 e. The van der Waals surface area contributed by atoms with Gasteiger partial charge in [-0.3, -0.25) is 0 Å². The van der Waals surface area contributed by atoms with E-state index in [1.807, 2.05) is 30.3 Å². The number of aromatic carboxylic acids is 1. The Balaban J connectivity index is 1.87. The number of morpholine rings is 1. The zero-order chi connectivity index (χ0) is 16.4. The highest BCUT2D eigenvalue weighted by atomic mass is 79.9. The lowest BCUT2D eigenvalue weighted by Gasteiger charge is -2.40. The standard InChI is InChI=1S/C17H17BrN2O3/c1-11-16(12-5-7-13(18)8-6-12)23-10-9-20(11)15-4-2-3-14(19-15)17(21)22/h2-8,11,16H,9-10H2,1H3,(H,21,22).